The second-order valence-corrected chi connectivity index (χ2v) is 23.0. The van der Waals surface area contributed by atoms with E-state index in [-0.39, 0.29) is 33.9 Å². The molecular weight excluding hydrogens is 1030 g/mol. The molecule has 0 bridgehead atoms. The summed E-state index contributed by atoms with van der Waals surface area (Å²) in [5.74, 6) is -1.08. The summed E-state index contributed by atoms with van der Waals surface area (Å²) < 4.78 is 63.9. The van der Waals surface area contributed by atoms with Crippen LogP contribution in [0.3, 0.4) is 0 Å². The van der Waals surface area contributed by atoms with Gasteiger partial charge in [-0.3, -0.25) is 19.4 Å². The van der Waals surface area contributed by atoms with E-state index in [0.717, 1.165) is 22.2 Å². The summed E-state index contributed by atoms with van der Waals surface area (Å²) >= 11 is 7.81. The van der Waals surface area contributed by atoms with Crippen LogP contribution in [-0.4, -0.2) is 107 Å². The number of hydrogen-bond acceptors (Lipinski definition) is 12. The minimum Gasteiger partial charge on any atom is -0.478 e. The number of anilines is 4. The van der Waals surface area contributed by atoms with Crippen LogP contribution in [0, 0.1) is 22.9 Å². The summed E-state index contributed by atoms with van der Waals surface area (Å²) in [5.41, 5.74) is 4.34. The predicted octanol–water partition coefficient (Wildman–Crippen LogP) is 10.8. The van der Waals surface area contributed by atoms with Crippen molar-refractivity contribution in [2.24, 2.45) is 0 Å². The van der Waals surface area contributed by atoms with Crippen LogP contribution in [0.4, 0.5) is 32.8 Å². The van der Waals surface area contributed by atoms with Crippen LogP contribution in [-0.2, 0) is 19.1 Å². The van der Waals surface area contributed by atoms with Gasteiger partial charge in [-0.1, -0.05) is 41.9 Å². The van der Waals surface area contributed by atoms with E-state index in [0.29, 0.717) is 104 Å². The number of aromatic carboxylic acids is 1. The molecule has 2 saturated heterocycles. The Hall–Kier alpha value is -5.96. The van der Waals surface area contributed by atoms with Crippen LogP contribution in [0.5, 0.6) is 0 Å². The summed E-state index contributed by atoms with van der Waals surface area (Å²) in [6, 6.07) is 31.7. The van der Waals surface area contributed by atoms with Gasteiger partial charge in [0.05, 0.1) is 27.2 Å². The number of nitro groups is 1. The monoisotopic (exact) mass is 1090 g/mol. The standard InChI is InChI=1S/C52H58ClFN7O10PS2/c1-34(2)60-35(3)49(52(62)63)50(51(60)36-9-11-38(53)12-10-36)37-29-39(54)31-43(30-37)59-27-25-58(26-28-59)42-15-13-40(14-16-42)56-74(69,70)46-17-18-47(48(32-46)61(64)65)55-41(33-73-45-7-5-4-6-8-45)19-22-57-23-20-44(21-24-57)71-72(66,67)68/h4-18,29-32,34,41,44,55-56H,19-28,33H2,1-3H3,(H,62,63)(H2,66,67,68). The molecule has 1 unspecified atom stereocenters. The molecule has 0 aliphatic carbocycles. The topological polar surface area (TPSA) is 220 Å². The summed E-state index contributed by atoms with van der Waals surface area (Å²) in [6.45, 7) is 9.53. The third-order valence-electron chi connectivity index (χ3n) is 13.2. The SMILES string of the molecule is Cc1c(C(=O)O)c(-c2cc(F)cc(N3CCN(c4ccc(NS(=O)(=O)c5ccc(NC(CCN6CCC(OP(=O)(O)O)CC6)CSc6ccccc6)c([N+](=O)[O-])c5)cc4)CC3)c2)c(-c2ccc(Cl)cc2)n1C(C)C. The van der Waals surface area contributed by atoms with Gasteiger partial charge in [0.25, 0.3) is 15.7 Å². The average Bonchev–Trinajstić information content (AvgIpc) is 3.68. The van der Waals surface area contributed by atoms with Gasteiger partial charge in [-0.25, -0.2) is 22.2 Å². The van der Waals surface area contributed by atoms with Gasteiger partial charge in [-0.05, 0) is 130 Å². The zero-order valence-electron chi connectivity index (χ0n) is 40.9. The second kappa shape index (κ2) is 23.3. The summed E-state index contributed by atoms with van der Waals surface area (Å²) in [6.07, 6.45) is 0.924. The van der Waals surface area contributed by atoms with Gasteiger partial charge < -0.3 is 39.5 Å². The zero-order chi connectivity index (χ0) is 52.9. The minimum atomic E-state index is -4.59. The Balaban J connectivity index is 0.926. The number of piperazine rings is 1. The highest BCUT2D eigenvalue weighted by atomic mass is 35.5. The molecule has 392 valence electrons. The van der Waals surface area contributed by atoms with Gasteiger partial charge in [-0.15, -0.1) is 11.8 Å². The number of carbonyl (C=O) groups is 1. The number of sulfonamides is 1. The Morgan fingerprint density at radius 1 is 0.892 bits per heavy atom. The fourth-order valence-electron chi connectivity index (χ4n) is 9.72. The summed E-state index contributed by atoms with van der Waals surface area (Å²) in [5, 5.41) is 26.8. The number of nitro benzene ring substituents is 1. The van der Waals surface area contributed by atoms with Crippen molar-refractivity contribution in [1.82, 2.24) is 9.47 Å². The van der Waals surface area contributed by atoms with Gasteiger partial charge in [0.1, 0.15) is 11.5 Å². The molecule has 17 nitrogen and oxygen atoms in total. The van der Waals surface area contributed by atoms with Crippen LogP contribution in [0.2, 0.25) is 5.02 Å². The molecule has 8 rings (SSSR count). The highest BCUT2D eigenvalue weighted by Gasteiger charge is 2.31. The first-order valence-electron chi connectivity index (χ1n) is 24.1. The number of hydrogen-bond donors (Lipinski definition) is 5. The van der Waals surface area contributed by atoms with E-state index in [1.54, 1.807) is 55.1 Å². The Bertz CT molecular complexity index is 3130. The molecule has 74 heavy (non-hydrogen) atoms. The number of likely N-dealkylation sites (tertiary alicyclic amines) is 1. The number of thioether (sulfide) groups is 1. The van der Waals surface area contributed by atoms with Crippen molar-refractivity contribution in [1.29, 1.82) is 0 Å². The molecule has 1 aromatic heterocycles. The first-order valence-corrected chi connectivity index (χ1v) is 28.5. The molecule has 0 saturated carbocycles. The molecule has 5 N–H and O–H groups in total. The van der Waals surface area contributed by atoms with E-state index >= 15 is 4.39 Å². The summed E-state index contributed by atoms with van der Waals surface area (Å²) in [4.78, 5) is 50.2. The molecule has 0 amide bonds. The highest BCUT2D eigenvalue weighted by molar-refractivity contribution is 7.99. The third kappa shape index (κ3) is 13.3. The number of phosphoric acid groups is 1. The van der Waals surface area contributed by atoms with Gasteiger partial charge >= 0.3 is 13.8 Å². The maximum absolute atomic E-state index is 15.7. The van der Waals surface area contributed by atoms with Gasteiger partial charge in [0, 0.05) is 108 Å². The Labute approximate surface area is 438 Å². The first kappa shape index (κ1) is 54.3. The molecule has 0 spiro atoms. The summed E-state index contributed by atoms with van der Waals surface area (Å²) in [7, 11) is -8.87. The lowest BCUT2D eigenvalue weighted by Gasteiger charge is -2.37. The lowest BCUT2D eigenvalue weighted by atomic mass is 9.96. The van der Waals surface area contributed by atoms with Crippen molar-refractivity contribution in [2.45, 2.75) is 68.0 Å². The predicted molar refractivity (Wildman–Crippen MR) is 289 cm³/mol. The number of halogens is 2. The normalized spacial score (nSPS) is 15.4. The van der Waals surface area contributed by atoms with Crippen LogP contribution >= 0.6 is 31.2 Å². The highest BCUT2D eigenvalue weighted by Crippen LogP contribution is 2.43. The Kier molecular flexibility index (Phi) is 17.1. The molecule has 0 radical (unpaired) electrons. The number of nitrogens with one attached hydrogen (secondary N) is 2. The molecule has 2 aliphatic heterocycles. The molecule has 2 fully saturated rings. The minimum absolute atomic E-state index is 0.0983. The van der Waals surface area contributed by atoms with Crippen molar-refractivity contribution in [3.63, 3.8) is 0 Å². The van der Waals surface area contributed by atoms with E-state index in [9.17, 15) is 42.8 Å². The van der Waals surface area contributed by atoms with Crippen LogP contribution in [0.1, 0.15) is 55.2 Å². The largest absolute Gasteiger partial charge is 0.478 e. The Morgan fingerprint density at radius 2 is 1.54 bits per heavy atom. The lowest BCUT2D eigenvalue weighted by molar-refractivity contribution is -0.384. The van der Waals surface area contributed by atoms with Gasteiger partial charge in [-0.2, -0.15) is 0 Å². The molecule has 22 heteroatoms. The number of phosphoric ester groups is 1. The molecule has 3 heterocycles. The number of carboxylic acid groups (broad SMARTS) is 1. The third-order valence-corrected chi connectivity index (χ3v) is 16.6. The van der Waals surface area contributed by atoms with Crippen molar-refractivity contribution in [3.8, 4) is 22.4 Å². The lowest BCUT2D eigenvalue weighted by Crippen LogP contribution is -2.46. The molecule has 2 aliphatic rings. The van der Waals surface area contributed by atoms with E-state index < -0.39 is 46.3 Å². The fraction of sp³-hybridized carbons (Fsp3) is 0.327. The maximum atomic E-state index is 15.7. The van der Waals surface area contributed by atoms with Crippen molar-refractivity contribution >= 4 is 75.6 Å². The van der Waals surface area contributed by atoms with E-state index in [1.165, 1.54) is 24.3 Å². The molecule has 1 atom stereocenters. The van der Waals surface area contributed by atoms with Crippen molar-refractivity contribution in [2.75, 3.05) is 71.4 Å². The number of carboxylic acids is 1. The number of piperidine rings is 1. The first-order chi connectivity index (χ1) is 35.2. The number of nitrogens with zero attached hydrogens (tertiary/aromatic N) is 5. The van der Waals surface area contributed by atoms with Gasteiger partial charge in [0.15, 0.2) is 0 Å². The molecule has 5 aromatic carbocycles. The van der Waals surface area contributed by atoms with Crippen LogP contribution in [0.25, 0.3) is 22.4 Å². The maximum Gasteiger partial charge on any atom is 0.469 e. The van der Waals surface area contributed by atoms with Gasteiger partial charge in [0.2, 0.25) is 0 Å². The number of rotatable bonds is 20. The molecule has 6 aromatic rings. The second-order valence-electron chi connectivity index (χ2n) is 18.6. The quantitative estimate of drug-likeness (QED) is 0.0208. The Morgan fingerprint density at radius 3 is 2.15 bits per heavy atom. The number of aromatic nitrogens is 1. The molecular formula is C52H58ClFN7O10PS2. The van der Waals surface area contributed by atoms with E-state index in [1.807, 2.05) is 71.8 Å². The average molecular weight is 1090 g/mol. The smallest absolute Gasteiger partial charge is 0.469 e. The fourth-order valence-corrected chi connectivity index (χ4v) is 12.5. The van der Waals surface area contributed by atoms with Crippen LogP contribution in [0.15, 0.2) is 125 Å². The number of benzene rings is 5. The van der Waals surface area contributed by atoms with E-state index in [4.69, 9.17) is 16.1 Å². The van der Waals surface area contributed by atoms with Crippen molar-refractivity contribution in [3.05, 3.63) is 147 Å². The zero-order valence-corrected chi connectivity index (χ0v) is 44.2. The van der Waals surface area contributed by atoms with Crippen molar-refractivity contribution < 1.29 is 46.5 Å². The van der Waals surface area contributed by atoms with Crippen LogP contribution < -0.4 is 19.8 Å². The van der Waals surface area contributed by atoms with E-state index in [2.05, 4.69) is 19.8 Å².